The minimum Gasteiger partial charge on any atom is -0.394 e. The molecule has 9 nitrogen and oxygen atoms in total. The molecule has 4 aliphatic heterocycles. The van der Waals surface area contributed by atoms with Crippen LogP contribution in [0.5, 0.6) is 0 Å². The highest BCUT2D eigenvalue weighted by atomic mass is 16.5. The quantitative estimate of drug-likeness (QED) is 0.475. The van der Waals surface area contributed by atoms with Gasteiger partial charge in [0, 0.05) is 44.1 Å². The number of likely N-dealkylation sites (tertiary alicyclic amines) is 1. The number of amides is 3. The predicted octanol–water partition coefficient (Wildman–Crippen LogP) is 2.60. The molecule has 5 rings (SSSR count). The highest BCUT2D eigenvalue weighted by Crippen LogP contribution is 2.54. The monoisotopic (exact) mass is 550 g/mol. The second-order valence-corrected chi connectivity index (χ2v) is 11.1. The van der Waals surface area contributed by atoms with Crippen LogP contribution < -0.4 is 9.80 Å². The van der Waals surface area contributed by atoms with Crippen LogP contribution in [0.25, 0.3) is 0 Å². The molecule has 0 bridgehead atoms. The molecule has 216 valence electrons. The normalized spacial score (nSPS) is 30.2. The van der Waals surface area contributed by atoms with E-state index in [4.69, 9.17) is 4.74 Å². The molecule has 9 heteroatoms. The number of rotatable bonds is 9. The van der Waals surface area contributed by atoms with Crippen molar-refractivity contribution in [1.82, 2.24) is 9.80 Å². The average Bonchev–Trinajstić information content (AvgIpc) is 3.28. The molecule has 1 unspecified atom stereocenters. The zero-order valence-corrected chi connectivity index (χ0v) is 24.0. The fourth-order valence-corrected chi connectivity index (χ4v) is 7.07. The highest BCUT2D eigenvalue weighted by Gasteiger charge is 2.72. The molecule has 2 fully saturated rings. The van der Waals surface area contributed by atoms with E-state index in [1.165, 1.54) is 4.90 Å². The van der Waals surface area contributed by atoms with Gasteiger partial charge in [-0.2, -0.15) is 0 Å². The van der Waals surface area contributed by atoms with E-state index in [-0.39, 0.29) is 24.3 Å². The number of hydrogen-bond acceptors (Lipinski definition) is 6. The largest absolute Gasteiger partial charge is 0.394 e. The van der Waals surface area contributed by atoms with Crippen LogP contribution in [0.1, 0.15) is 40.5 Å². The molecule has 0 aromatic heterocycles. The van der Waals surface area contributed by atoms with E-state index < -0.39 is 35.6 Å². The third-order valence-corrected chi connectivity index (χ3v) is 9.04. The number of nitrogens with zero attached hydrogens (tertiary/aromatic N) is 4. The molecule has 6 atom stereocenters. The second kappa shape index (κ2) is 11.4. The molecule has 2 saturated heterocycles. The van der Waals surface area contributed by atoms with E-state index in [1.807, 2.05) is 62.4 Å². The number of carbonyl (C=O) groups is 3. The maximum absolute atomic E-state index is 14.5. The maximum Gasteiger partial charge on any atom is 0.253 e. The van der Waals surface area contributed by atoms with Gasteiger partial charge in [0.1, 0.15) is 11.6 Å². The number of ether oxygens (including phenoxy) is 1. The van der Waals surface area contributed by atoms with Gasteiger partial charge in [-0.15, -0.1) is 0 Å². The van der Waals surface area contributed by atoms with Gasteiger partial charge in [0.25, 0.3) is 5.91 Å². The van der Waals surface area contributed by atoms with Gasteiger partial charge in [-0.25, -0.2) is 0 Å². The average molecular weight is 551 g/mol. The summed E-state index contributed by atoms with van der Waals surface area (Å²) in [6.07, 6.45) is 8.24. The van der Waals surface area contributed by atoms with E-state index in [0.717, 1.165) is 30.9 Å². The van der Waals surface area contributed by atoms with Crippen molar-refractivity contribution in [3.05, 3.63) is 48.6 Å². The van der Waals surface area contributed by atoms with Gasteiger partial charge >= 0.3 is 0 Å². The molecule has 1 aromatic carbocycles. The van der Waals surface area contributed by atoms with Crippen LogP contribution in [0.3, 0.4) is 0 Å². The minimum atomic E-state index is -1.29. The fourth-order valence-electron chi connectivity index (χ4n) is 7.07. The molecule has 3 amide bonds. The highest BCUT2D eigenvalue weighted by molar-refractivity contribution is 6.06. The van der Waals surface area contributed by atoms with Crippen LogP contribution >= 0.6 is 0 Å². The van der Waals surface area contributed by atoms with Crippen LogP contribution in [0.2, 0.25) is 0 Å². The van der Waals surface area contributed by atoms with Crippen molar-refractivity contribution in [2.75, 3.05) is 49.1 Å². The first-order chi connectivity index (χ1) is 19.4. The number of anilines is 2. The first-order valence-corrected chi connectivity index (χ1v) is 14.8. The topological polar surface area (TPSA) is 93.6 Å². The molecule has 0 radical (unpaired) electrons. The molecule has 40 heavy (non-hydrogen) atoms. The summed E-state index contributed by atoms with van der Waals surface area (Å²) in [4.78, 5) is 49.9. The van der Waals surface area contributed by atoms with E-state index in [1.54, 1.807) is 9.80 Å². The number of hydrogen-bond donors (Lipinski definition) is 1. The Kier molecular flexibility index (Phi) is 8.06. The third-order valence-electron chi connectivity index (χ3n) is 9.04. The first kappa shape index (κ1) is 28.4. The van der Waals surface area contributed by atoms with Gasteiger partial charge < -0.3 is 29.4 Å². The molecule has 0 aliphatic carbocycles. The Morgan fingerprint density at radius 3 is 2.35 bits per heavy atom. The summed E-state index contributed by atoms with van der Waals surface area (Å²) in [6.45, 7) is 11.0. The van der Waals surface area contributed by atoms with Gasteiger partial charge in [0.05, 0.1) is 30.6 Å². The Morgan fingerprint density at radius 2 is 1.73 bits per heavy atom. The summed E-state index contributed by atoms with van der Waals surface area (Å²) in [5.74, 6) is -2.24. The lowest BCUT2D eigenvalue weighted by atomic mass is 9.77. The molecule has 4 heterocycles. The lowest BCUT2D eigenvalue weighted by Gasteiger charge is -2.38. The Labute approximate surface area is 237 Å². The van der Waals surface area contributed by atoms with Gasteiger partial charge in [0.2, 0.25) is 11.8 Å². The zero-order valence-electron chi connectivity index (χ0n) is 24.0. The number of aliphatic hydroxyl groups is 1. The SMILES string of the molecule is CCCN1CC=C[C@@H]2O[C@]34C=CCN(c5ccc(N(CC)CC)cc5)C(=O)C3N([C@@H](CC)CO)C(=O)[C@@H]4[C@@H]2C1=O. The molecule has 1 N–H and O–H groups in total. The fraction of sp³-hybridized carbons (Fsp3) is 0.581. The van der Waals surface area contributed by atoms with Gasteiger partial charge in [-0.3, -0.25) is 14.4 Å². The van der Waals surface area contributed by atoms with Crippen LogP contribution in [0.4, 0.5) is 11.4 Å². The van der Waals surface area contributed by atoms with Crippen molar-refractivity contribution in [1.29, 1.82) is 0 Å². The number of fused-ring (bicyclic) bond motifs is 2. The van der Waals surface area contributed by atoms with Crippen molar-refractivity contribution in [3.63, 3.8) is 0 Å². The van der Waals surface area contributed by atoms with Crippen molar-refractivity contribution in [3.8, 4) is 0 Å². The van der Waals surface area contributed by atoms with Crippen LogP contribution in [0.15, 0.2) is 48.6 Å². The second-order valence-electron chi connectivity index (χ2n) is 11.1. The molecule has 1 spiro atoms. The number of carbonyl (C=O) groups excluding carboxylic acids is 3. The van der Waals surface area contributed by atoms with E-state index in [0.29, 0.717) is 26.1 Å². The number of aliphatic hydroxyl groups excluding tert-OH is 1. The van der Waals surface area contributed by atoms with Gasteiger partial charge in [-0.1, -0.05) is 38.2 Å². The summed E-state index contributed by atoms with van der Waals surface area (Å²) in [5, 5.41) is 10.3. The number of benzene rings is 1. The van der Waals surface area contributed by atoms with E-state index in [2.05, 4.69) is 18.7 Å². The Morgan fingerprint density at radius 1 is 1.00 bits per heavy atom. The summed E-state index contributed by atoms with van der Waals surface area (Å²) >= 11 is 0. The van der Waals surface area contributed by atoms with Crippen LogP contribution in [-0.4, -0.2) is 95.7 Å². The minimum absolute atomic E-state index is 0.112. The Bertz CT molecular complexity index is 1170. The molecule has 0 saturated carbocycles. The Hall–Kier alpha value is -3.17. The summed E-state index contributed by atoms with van der Waals surface area (Å²) in [7, 11) is 0. The molecular formula is C31H42N4O5. The summed E-state index contributed by atoms with van der Waals surface area (Å²) < 4.78 is 6.69. The Balaban J connectivity index is 1.57. The molecule has 4 aliphatic rings. The van der Waals surface area contributed by atoms with E-state index >= 15 is 0 Å². The zero-order chi connectivity index (χ0) is 28.6. The van der Waals surface area contributed by atoms with E-state index in [9.17, 15) is 19.5 Å². The van der Waals surface area contributed by atoms with Crippen molar-refractivity contribution in [2.45, 2.75) is 64.3 Å². The van der Waals surface area contributed by atoms with Crippen molar-refractivity contribution in [2.24, 2.45) is 11.8 Å². The standard InChI is InChI=1S/C31H42N4O5/c1-5-17-33-18-9-11-24-25(28(33)37)26-29(38)35(21(6-2)20-36)27-30(39)34(19-10-16-31(26,27)40-24)23-14-12-22(13-15-23)32(7-3)8-4/h9-16,21,24-27,36H,5-8,17-20H2,1-4H3/t21-,24-,25+,26-,27?,31-/m0/s1. The third kappa shape index (κ3) is 4.34. The lowest BCUT2D eigenvalue weighted by molar-refractivity contribution is -0.147. The van der Waals surface area contributed by atoms with Gasteiger partial charge in [-0.05, 0) is 51.0 Å². The summed E-state index contributed by atoms with van der Waals surface area (Å²) in [5.41, 5.74) is 0.512. The first-order valence-electron chi connectivity index (χ1n) is 14.8. The van der Waals surface area contributed by atoms with Crippen molar-refractivity contribution < 1.29 is 24.2 Å². The smallest absolute Gasteiger partial charge is 0.253 e. The van der Waals surface area contributed by atoms with Crippen molar-refractivity contribution >= 4 is 29.1 Å². The van der Waals surface area contributed by atoms with Gasteiger partial charge in [0.15, 0.2) is 0 Å². The maximum atomic E-state index is 14.5. The molecular weight excluding hydrogens is 508 g/mol. The van der Waals surface area contributed by atoms with Crippen LogP contribution in [-0.2, 0) is 19.1 Å². The van der Waals surface area contributed by atoms with Crippen LogP contribution in [0, 0.1) is 11.8 Å². The predicted molar refractivity (Wildman–Crippen MR) is 154 cm³/mol. The summed E-state index contributed by atoms with van der Waals surface area (Å²) in [6, 6.07) is 6.35. The molecule has 1 aromatic rings. The lowest BCUT2D eigenvalue weighted by Crippen LogP contribution is -2.58.